The van der Waals surface area contributed by atoms with E-state index in [0.29, 0.717) is 11.4 Å². The van der Waals surface area contributed by atoms with Crippen LogP contribution in [0.3, 0.4) is 0 Å². The topological polar surface area (TPSA) is 85.4 Å². The third-order valence-corrected chi connectivity index (χ3v) is 4.44. The number of hydrogen-bond donors (Lipinski definition) is 0. The van der Waals surface area contributed by atoms with Gasteiger partial charge in [-0.1, -0.05) is 12.1 Å². The van der Waals surface area contributed by atoms with Gasteiger partial charge < -0.3 is 14.2 Å². The minimum atomic E-state index is -1.03. The van der Waals surface area contributed by atoms with E-state index in [-0.39, 0.29) is 0 Å². The van der Waals surface area contributed by atoms with E-state index >= 15 is 0 Å². The fourth-order valence-electron chi connectivity index (χ4n) is 3.22. The maximum absolute atomic E-state index is 12.4. The van der Waals surface area contributed by atoms with Crippen LogP contribution in [0.5, 0.6) is 0 Å². The second-order valence-electron chi connectivity index (χ2n) is 6.13. The molecule has 0 aromatic heterocycles. The van der Waals surface area contributed by atoms with Crippen LogP contribution in [-0.2, 0) is 19.0 Å². The number of ether oxygens (including phenoxy) is 3. The molecule has 1 aromatic rings. The van der Waals surface area contributed by atoms with Gasteiger partial charge in [-0.25, -0.2) is 14.5 Å². The molecule has 8 heteroatoms. The lowest BCUT2D eigenvalue weighted by Crippen LogP contribution is -2.61. The van der Waals surface area contributed by atoms with Gasteiger partial charge in [0.05, 0.1) is 31.0 Å². The molecule has 0 aliphatic carbocycles. The van der Waals surface area contributed by atoms with Crippen molar-refractivity contribution in [1.29, 1.82) is 0 Å². The number of nitrogens with zero attached hydrogens (tertiary/aromatic N) is 2. The number of amides is 2. The zero-order valence-corrected chi connectivity index (χ0v) is 13.8. The zero-order valence-electron chi connectivity index (χ0n) is 13.8. The smallest absolute Gasteiger partial charge is 0.417 e. The Morgan fingerprint density at radius 1 is 1.04 bits per heavy atom. The van der Waals surface area contributed by atoms with Gasteiger partial charge in [0.2, 0.25) is 6.23 Å². The summed E-state index contributed by atoms with van der Waals surface area (Å²) in [5, 5.41) is 0. The Labute approximate surface area is 138 Å². The van der Waals surface area contributed by atoms with Crippen LogP contribution in [0.4, 0.5) is 21.0 Å². The molecular formula is C16H18N2O6. The molecule has 0 saturated carbocycles. The molecule has 24 heavy (non-hydrogen) atoms. The number of methoxy groups -OCH3 is 2. The summed E-state index contributed by atoms with van der Waals surface area (Å²) in [6.07, 6.45) is -2.30. The molecule has 1 aromatic carbocycles. The van der Waals surface area contributed by atoms with Crippen molar-refractivity contribution in [3.63, 3.8) is 0 Å². The summed E-state index contributed by atoms with van der Waals surface area (Å²) in [5.74, 6) is -0.506. The Kier molecular flexibility index (Phi) is 3.62. The first-order valence-electron chi connectivity index (χ1n) is 7.39. The van der Waals surface area contributed by atoms with E-state index < -0.39 is 35.8 Å². The summed E-state index contributed by atoms with van der Waals surface area (Å²) in [4.78, 5) is 39.7. The van der Waals surface area contributed by atoms with Crippen molar-refractivity contribution in [2.45, 2.75) is 26.1 Å². The van der Waals surface area contributed by atoms with E-state index in [4.69, 9.17) is 14.2 Å². The molecule has 3 rings (SSSR count). The third-order valence-electron chi connectivity index (χ3n) is 4.44. The number of carbonyl (C=O) groups is 3. The Morgan fingerprint density at radius 3 is 2.08 bits per heavy atom. The van der Waals surface area contributed by atoms with Gasteiger partial charge in [0.25, 0.3) is 0 Å². The average molecular weight is 334 g/mol. The van der Waals surface area contributed by atoms with Crippen molar-refractivity contribution >= 4 is 29.5 Å². The largest absolute Gasteiger partial charge is 0.452 e. The fraction of sp³-hybridized carbons (Fsp3) is 0.438. The van der Waals surface area contributed by atoms with Gasteiger partial charge in [-0.3, -0.25) is 9.69 Å². The third kappa shape index (κ3) is 2.02. The molecule has 2 heterocycles. The maximum Gasteiger partial charge on any atom is 0.417 e. The highest BCUT2D eigenvalue weighted by Crippen LogP contribution is 2.48. The van der Waals surface area contributed by atoms with Crippen LogP contribution < -0.4 is 9.80 Å². The summed E-state index contributed by atoms with van der Waals surface area (Å²) in [6, 6.07) is 6.03. The fourth-order valence-corrected chi connectivity index (χ4v) is 3.22. The Balaban J connectivity index is 2.25. The summed E-state index contributed by atoms with van der Waals surface area (Å²) in [5.41, 5.74) is -0.178. The summed E-state index contributed by atoms with van der Waals surface area (Å²) >= 11 is 0. The highest BCUT2D eigenvalue weighted by molar-refractivity contribution is 6.03. The summed E-state index contributed by atoms with van der Waals surface area (Å²) in [7, 11) is 2.51. The molecule has 0 N–H and O–H groups in total. The Hall–Kier alpha value is -2.77. The van der Waals surface area contributed by atoms with Gasteiger partial charge in [0, 0.05) is 0 Å². The molecule has 128 valence electrons. The lowest BCUT2D eigenvalue weighted by molar-refractivity contribution is -0.147. The summed E-state index contributed by atoms with van der Waals surface area (Å²) < 4.78 is 15.2. The van der Waals surface area contributed by atoms with E-state index in [1.165, 1.54) is 24.0 Å². The first kappa shape index (κ1) is 16.1. The van der Waals surface area contributed by atoms with Crippen LogP contribution in [0.2, 0.25) is 0 Å². The van der Waals surface area contributed by atoms with Gasteiger partial charge in [-0.05, 0) is 26.0 Å². The Morgan fingerprint density at radius 2 is 1.54 bits per heavy atom. The normalized spacial score (nSPS) is 23.9. The van der Waals surface area contributed by atoms with Gasteiger partial charge in [-0.15, -0.1) is 0 Å². The second kappa shape index (κ2) is 5.40. The molecule has 2 aliphatic heterocycles. The van der Waals surface area contributed by atoms with Crippen molar-refractivity contribution in [2.24, 2.45) is 5.41 Å². The zero-order chi connectivity index (χ0) is 17.6. The predicted molar refractivity (Wildman–Crippen MR) is 83.7 cm³/mol. The van der Waals surface area contributed by atoms with Crippen molar-refractivity contribution in [1.82, 2.24) is 0 Å². The molecule has 0 spiro atoms. The van der Waals surface area contributed by atoms with Crippen LogP contribution >= 0.6 is 0 Å². The molecule has 0 bridgehead atoms. The number of anilines is 2. The SMILES string of the molecule is COC(=O)N1c2ccccc2N(C(=O)OC)C2C1OC(=O)C2(C)C. The van der Waals surface area contributed by atoms with Crippen LogP contribution in [0.25, 0.3) is 0 Å². The number of fused-ring (bicyclic) bond motifs is 2. The quantitative estimate of drug-likeness (QED) is 0.534. The number of benzene rings is 1. The second-order valence-corrected chi connectivity index (χ2v) is 6.13. The van der Waals surface area contributed by atoms with Crippen LogP contribution in [-0.4, -0.2) is 44.6 Å². The van der Waals surface area contributed by atoms with E-state index in [2.05, 4.69) is 0 Å². The molecule has 2 amide bonds. The summed E-state index contributed by atoms with van der Waals surface area (Å²) in [6.45, 7) is 3.33. The van der Waals surface area contributed by atoms with Gasteiger partial charge >= 0.3 is 18.2 Å². The highest BCUT2D eigenvalue weighted by atomic mass is 16.6. The number of para-hydroxylation sites is 2. The van der Waals surface area contributed by atoms with Gasteiger partial charge in [-0.2, -0.15) is 0 Å². The Bertz CT molecular complexity index is 716. The first-order chi connectivity index (χ1) is 11.3. The predicted octanol–water partition coefficient (Wildman–Crippen LogP) is 2.12. The molecule has 2 unspecified atom stereocenters. The van der Waals surface area contributed by atoms with E-state index in [9.17, 15) is 14.4 Å². The minimum Gasteiger partial charge on any atom is -0.452 e. The van der Waals surface area contributed by atoms with Crippen LogP contribution in [0, 0.1) is 5.41 Å². The minimum absolute atomic E-state index is 0.404. The molecule has 1 fully saturated rings. The van der Waals surface area contributed by atoms with Crippen LogP contribution in [0.15, 0.2) is 24.3 Å². The first-order valence-corrected chi connectivity index (χ1v) is 7.39. The molecule has 8 nitrogen and oxygen atoms in total. The van der Waals surface area contributed by atoms with Crippen molar-refractivity contribution in [3.8, 4) is 0 Å². The molecule has 2 atom stereocenters. The molecular weight excluding hydrogens is 316 g/mol. The maximum atomic E-state index is 12.4. The number of hydrogen-bond acceptors (Lipinski definition) is 6. The lowest BCUT2D eigenvalue weighted by Gasteiger charge is -2.44. The van der Waals surface area contributed by atoms with E-state index in [1.807, 2.05) is 0 Å². The van der Waals surface area contributed by atoms with E-state index in [0.717, 1.165) is 0 Å². The molecule has 2 aliphatic rings. The molecule has 0 radical (unpaired) electrons. The van der Waals surface area contributed by atoms with Crippen molar-refractivity contribution < 1.29 is 28.6 Å². The van der Waals surface area contributed by atoms with E-state index in [1.54, 1.807) is 38.1 Å². The van der Waals surface area contributed by atoms with Crippen molar-refractivity contribution in [2.75, 3.05) is 24.0 Å². The average Bonchev–Trinajstić information content (AvgIpc) is 2.81. The number of rotatable bonds is 0. The monoisotopic (exact) mass is 334 g/mol. The number of carbonyl (C=O) groups excluding carboxylic acids is 3. The highest BCUT2D eigenvalue weighted by Gasteiger charge is 2.61. The van der Waals surface area contributed by atoms with Crippen LogP contribution in [0.1, 0.15) is 13.8 Å². The molecule has 1 saturated heterocycles. The van der Waals surface area contributed by atoms with Gasteiger partial charge in [0.15, 0.2) is 0 Å². The number of esters is 1. The standard InChI is InChI=1S/C16H18N2O6/c1-16(2)11-12(24-13(16)19)18(15(21)23-4)10-8-6-5-7-9(10)17(11)14(20)22-3/h5-8,11-12H,1-4H3. The lowest BCUT2D eigenvalue weighted by atomic mass is 9.83. The van der Waals surface area contributed by atoms with Crippen molar-refractivity contribution in [3.05, 3.63) is 24.3 Å². The van der Waals surface area contributed by atoms with Gasteiger partial charge in [0.1, 0.15) is 6.04 Å².